The summed E-state index contributed by atoms with van der Waals surface area (Å²) in [4.78, 5) is 0.366. The van der Waals surface area contributed by atoms with Crippen LogP contribution in [0, 0.1) is 6.92 Å². The highest BCUT2D eigenvalue weighted by Crippen LogP contribution is 2.22. The van der Waals surface area contributed by atoms with Crippen LogP contribution in [0.4, 0.5) is 0 Å². The van der Waals surface area contributed by atoms with Gasteiger partial charge in [0.05, 0.1) is 4.90 Å². The fourth-order valence-corrected chi connectivity index (χ4v) is 3.36. The second-order valence-electron chi connectivity index (χ2n) is 4.87. The normalized spacial score (nSPS) is 16.6. The molecule has 0 atom stereocenters. The van der Waals surface area contributed by atoms with Gasteiger partial charge >= 0.3 is 0 Å². The molecule has 1 aromatic rings. The Bertz CT molecular complexity index is 522. The molecule has 100 valence electrons. The van der Waals surface area contributed by atoms with E-state index in [2.05, 4.69) is 10.0 Å². The maximum atomic E-state index is 12.2. The Labute approximate surface area is 109 Å². The smallest absolute Gasteiger partial charge is 0.240 e. The van der Waals surface area contributed by atoms with Gasteiger partial charge in [-0.25, -0.2) is 13.1 Å². The van der Waals surface area contributed by atoms with Crippen molar-refractivity contribution in [3.63, 3.8) is 0 Å². The van der Waals surface area contributed by atoms with E-state index in [0.717, 1.165) is 30.4 Å². The van der Waals surface area contributed by atoms with Crippen molar-refractivity contribution < 1.29 is 8.42 Å². The molecule has 0 spiro atoms. The summed E-state index contributed by atoms with van der Waals surface area (Å²) < 4.78 is 27.1. The molecule has 0 amide bonds. The van der Waals surface area contributed by atoms with Crippen LogP contribution in [-0.2, 0) is 16.6 Å². The number of benzene rings is 1. The number of hydrogen-bond acceptors (Lipinski definition) is 3. The summed E-state index contributed by atoms with van der Waals surface area (Å²) >= 11 is 0. The van der Waals surface area contributed by atoms with E-state index in [1.165, 1.54) is 0 Å². The molecule has 18 heavy (non-hydrogen) atoms. The van der Waals surface area contributed by atoms with Crippen LogP contribution in [-0.4, -0.2) is 21.5 Å². The third kappa shape index (κ3) is 2.91. The van der Waals surface area contributed by atoms with Crippen LogP contribution in [0.1, 0.15) is 30.4 Å². The first-order chi connectivity index (χ1) is 8.53. The molecule has 1 fully saturated rings. The van der Waals surface area contributed by atoms with Crippen LogP contribution in [0.2, 0.25) is 0 Å². The summed E-state index contributed by atoms with van der Waals surface area (Å²) in [6, 6.07) is 5.42. The Hall–Kier alpha value is -0.910. The molecule has 0 radical (unpaired) electrons. The maximum Gasteiger partial charge on any atom is 0.240 e. The van der Waals surface area contributed by atoms with E-state index in [4.69, 9.17) is 0 Å². The first-order valence-electron chi connectivity index (χ1n) is 6.29. The van der Waals surface area contributed by atoms with Crippen molar-refractivity contribution in [3.05, 3.63) is 29.3 Å². The highest BCUT2D eigenvalue weighted by Gasteiger charge is 2.24. The topological polar surface area (TPSA) is 58.2 Å². The van der Waals surface area contributed by atoms with E-state index in [9.17, 15) is 8.42 Å². The van der Waals surface area contributed by atoms with Crippen molar-refractivity contribution >= 4 is 10.0 Å². The molecule has 1 saturated carbocycles. The number of sulfonamides is 1. The summed E-state index contributed by atoms with van der Waals surface area (Å²) in [5.41, 5.74) is 2.13. The molecular formula is C13H20N2O2S. The predicted molar refractivity (Wildman–Crippen MR) is 71.9 cm³/mol. The zero-order chi connectivity index (χ0) is 13.2. The summed E-state index contributed by atoms with van der Waals surface area (Å²) in [6.45, 7) is 2.67. The van der Waals surface area contributed by atoms with Crippen LogP contribution in [0.25, 0.3) is 0 Å². The van der Waals surface area contributed by atoms with E-state index in [-0.39, 0.29) is 6.04 Å². The minimum absolute atomic E-state index is 0.129. The Morgan fingerprint density at radius 1 is 1.33 bits per heavy atom. The van der Waals surface area contributed by atoms with Gasteiger partial charge in [-0.05, 0) is 50.1 Å². The Balaban J connectivity index is 2.23. The summed E-state index contributed by atoms with van der Waals surface area (Å²) in [6.07, 6.45) is 3.02. The number of nitrogens with one attached hydrogen (secondary N) is 2. The molecule has 4 nitrogen and oxygen atoms in total. The third-order valence-electron chi connectivity index (χ3n) is 3.43. The molecule has 0 unspecified atom stereocenters. The lowest BCUT2D eigenvalue weighted by atomic mass is 9.94. The van der Waals surface area contributed by atoms with Gasteiger partial charge in [-0.1, -0.05) is 12.5 Å². The second-order valence-corrected chi connectivity index (χ2v) is 6.58. The summed E-state index contributed by atoms with van der Waals surface area (Å²) in [5.74, 6) is 0. The third-order valence-corrected chi connectivity index (χ3v) is 4.94. The monoisotopic (exact) mass is 268 g/mol. The highest BCUT2D eigenvalue weighted by molar-refractivity contribution is 7.89. The van der Waals surface area contributed by atoms with Crippen molar-refractivity contribution in [3.8, 4) is 0 Å². The minimum atomic E-state index is -3.36. The first-order valence-corrected chi connectivity index (χ1v) is 7.78. The molecule has 5 heteroatoms. The number of hydrogen-bond donors (Lipinski definition) is 2. The number of aryl methyl sites for hydroxylation is 1. The zero-order valence-corrected chi connectivity index (χ0v) is 11.7. The fraction of sp³-hybridized carbons (Fsp3) is 0.538. The van der Waals surface area contributed by atoms with E-state index in [1.807, 2.05) is 20.0 Å². The minimum Gasteiger partial charge on any atom is -0.316 e. The molecule has 0 aromatic heterocycles. The van der Waals surface area contributed by atoms with Crippen molar-refractivity contribution in [2.75, 3.05) is 7.05 Å². The average Bonchev–Trinajstić information content (AvgIpc) is 2.27. The lowest BCUT2D eigenvalue weighted by molar-refractivity contribution is 0.383. The molecule has 1 aromatic carbocycles. The van der Waals surface area contributed by atoms with Crippen LogP contribution in [0.5, 0.6) is 0 Å². The van der Waals surface area contributed by atoms with E-state index in [1.54, 1.807) is 12.1 Å². The molecule has 0 bridgehead atoms. The summed E-state index contributed by atoms with van der Waals surface area (Å²) in [5, 5.41) is 3.05. The lowest BCUT2D eigenvalue weighted by Crippen LogP contribution is -2.39. The van der Waals surface area contributed by atoms with Crippen molar-refractivity contribution in [2.24, 2.45) is 0 Å². The van der Waals surface area contributed by atoms with Gasteiger partial charge in [-0.15, -0.1) is 0 Å². The van der Waals surface area contributed by atoms with Gasteiger partial charge in [0.25, 0.3) is 0 Å². The molecule has 1 aliphatic carbocycles. The first kappa shape index (κ1) is 13.5. The Kier molecular flexibility index (Phi) is 4.04. The molecule has 2 N–H and O–H groups in total. The second kappa shape index (κ2) is 5.38. The highest BCUT2D eigenvalue weighted by atomic mass is 32.2. The molecule has 0 saturated heterocycles. The van der Waals surface area contributed by atoms with Crippen molar-refractivity contribution in [1.82, 2.24) is 10.0 Å². The average molecular weight is 268 g/mol. The van der Waals surface area contributed by atoms with Gasteiger partial charge in [0.15, 0.2) is 0 Å². The predicted octanol–water partition coefficient (Wildman–Crippen LogP) is 1.55. The van der Waals surface area contributed by atoms with Gasteiger partial charge in [-0.2, -0.15) is 0 Å². The molecule has 0 aliphatic heterocycles. The van der Waals surface area contributed by atoms with Crippen molar-refractivity contribution in [1.29, 1.82) is 0 Å². The number of rotatable bonds is 5. The van der Waals surface area contributed by atoms with Gasteiger partial charge in [-0.3, -0.25) is 0 Å². The van der Waals surface area contributed by atoms with Crippen molar-refractivity contribution in [2.45, 2.75) is 43.7 Å². The standard InChI is InChI=1S/C13H20N2O2S/c1-10-6-7-13(8-11(10)9-14-2)18(16,17)15-12-4-3-5-12/h6-8,12,14-15H,3-5,9H2,1-2H3. The molecule has 0 heterocycles. The summed E-state index contributed by atoms with van der Waals surface area (Å²) in [7, 11) is -1.50. The van der Waals surface area contributed by atoms with Crippen LogP contribution < -0.4 is 10.0 Å². The lowest BCUT2D eigenvalue weighted by Gasteiger charge is -2.26. The van der Waals surface area contributed by atoms with Gasteiger partial charge in [0.2, 0.25) is 10.0 Å². The van der Waals surface area contributed by atoms with Crippen LogP contribution in [0.15, 0.2) is 23.1 Å². The van der Waals surface area contributed by atoms with Crippen LogP contribution in [0.3, 0.4) is 0 Å². The largest absolute Gasteiger partial charge is 0.316 e. The maximum absolute atomic E-state index is 12.2. The van der Waals surface area contributed by atoms with E-state index >= 15 is 0 Å². The Morgan fingerprint density at radius 2 is 2.06 bits per heavy atom. The fourth-order valence-electron chi connectivity index (χ4n) is 2.01. The Morgan fingerprint density at radius 3 is 2.61 bits per heavy atom. The SMILES string of the molecule is CNCc1cc(S(=O)(=O)NC2CCC2)ccc1C. The van der Waals surface area contributed by atoms with E-state index in [0.29, 0.717) is 11.4 Å². The molecule has 2 rings (SSSR count). The molecular weight excluding hydrogens is 248 g/mol. The molecule has 1 aliphatic rings. The van der Waals surface area contributed by atoms with E-state index < -0.39 is 10.0 Å². The quantitative estimate of drug-likeness (QED) is 0.852. The van der Waals surface area contributed by atoms with Gasteiger partial charge < -0.3 is 5.32 Å². The van der Waals surface area contributed by atoms with Gasteiger partial charge in [0.1, 0.15) is 0 Å². The van der Waals surface area contributed by atoms with Crippen LogP contribution >= 0.6 is 0 Å². The zero-order valence-electron chi connectivity index (χ0n) is 10.9. The van der Waals surface area contributed by atoms with Gasteiger partial charge in [0, 0.05) is 12.6 Å².